The lowest BCUT2D eigenvalue weighted by atomic mass is 9.90. The van der Waals surface area contributed by atoms with Crippen LogP contribution in [0.1, 0.15) is 30.7 Å². The van der Waals surface area contributed by atoms with E-state index in [1.807, 2.05) is 17.6 Å². The monoisotopic (exact) mass is 573 g/mol. The number of carboxylic acids is 2. The summed E-state index contributed by atoms with van der Waals surface area (Å²) in [4.78, 5) is 33.1. The van der Waals surface area contributed by atoms with Crippen molar-refractivity contribution in [1.82, 2.24) is 19.9 Å². The van der Waals surface area contributed by atoms with Crippen LogP contribution in [-0.2, 0) is 20.9 Å². The SMILES string of the molecule is O=C(O)C(F)(F)F.O=C(O)C(F)(F)F.c1cnc(NC[C@H]2CCC[C@]3(CCN(Cc4nccs4)C3)O2)nc1. The number of aliphatic carboxylic acids is 2. The third-order valence-corrected chi connectivity index (χ3v) is 6.12. The molecule has 2 aromatic heterocycles. The molecule has 17 heteroatoms. The van der Waals surface area contributed by atoms with Gasteiger partial charge in [-0.05, 0) is 31.7 Å². The predicted octanol–water partition coefficient (Wildman–Crippen LogP) is 3.83. The maximum absolute atomic E-state index is 10.6. The van der Waals surface area contributed by atoms with E-state index in [1.165, 1.54) is 17.8 Å². The summed E-state index contributed by atoms with van der Waals surface area (Å²) < 4.78 is 70.0. The summed E-state index contributed by atoms with van der Waals surface area (Å²) in [5, 5.41) is 20.8. The first kappa shape index (κ1) is 31.2. The van der Waals surface area contributed by atoms with E-state index >= 15 is 0 Å². The lowest BCUT2D eigenvalue weighted by Gasteiger charge is -2.38. The fraction of sp³-hybridized carbons (Fsp3) is 0.571. The van der Waals surface area contributed by atoms with Gasteiger partial charge in [0.1, 0.15) is 5.01 Å². The number of halogens is 6. The van der Waals surface area contributed by atoms with E-state index < -0.39 is 24.3 Å². The zero-order valence-electron chi connectivity index (χ0n) is 19.7. The van der Waals surface area contributed by atoms with Crippen LogP contribution in [-0.4, -0.2) is 85.7 Å². The molecule has 2 fully saturated rings. The number of carbonyl (C=O) groups is 2. The van der Waals surface area contributed by atoms with Crippen molar-refractivity contribution in [3.63, 3.8) is 0 Å². The van der Waals surface area contributed by atoms with Crippen molar-refractivity contribution in [1.29, 1.82) is 0 Å². The Balaban J connectivity index is 0.000000301. The number of ether oxygens (including phenoxy) is 1. The molecule has 2 atom stereocenters. The molecule has 0 saturated carbocycles. The minimum Gasteiger partial charge on any atom is -0.475 e. The second kappa shape index (κ2) is 13.7. The summed E-state index contributed by atoms with van der Waals surface area (Å²) in [6, 6.07) is 1.83. The van der Waals surface area contributed by atoms with Gasteiger partial charge in [0.05, 0.1) is 18.2 Å². The number of anilines is 1. The maximum Gasteiger partial charge on any atom is 0.490 e. The van der Waals surface area contributed by atoms with Gasteiger partial charge in [0.25, 0.3) is 0 Å². The van der Waals surface area contributed by atoms with Crippen LogP contribution in [0.2, 0.25) is 0 Å². The Labute approximate surface area is 216 Å². The van der Waals surface area contributed by atoms with E-state index in [4.69, 9.17) is 24.5 Å². The van der Waals surface area contributed by atoms with E-state index in [1.54, 1.807) is 23.7 Å². The molecule has 10 nitrogen and oxygen atoms in total. The first-order chi connectivity index (χ1) is 17.7. The quantitative estimate of drug-likeness (QED) is 0.453. The molecule has 0 amide bonds. The smallest absolute Gasteiger partial charge is 0.475 e. The van der Waals surface area contributed by atoms with Crippen molar-refractivity contribution in [3.05, 3.63) is 35.0 Å². The highest BCUT2D eigenvalue weighted by Crippen LogP contribution is 2.37. The maximum atomic E-state index is 10.6. The van der Waals surface area contributed by atoms with Crippen LogP contribution in [0.4, 0.5) is 32.3 Å². The number of alkyl halides is 6. The lowest BCUT2D eigenvalue weighted by molar-refractivity contribution is -0.193. The second-order valence-electron chi connectivity index (χ2n) is 8.26. The molecule has 0 radical (unpaired) electrons. The van der Waals surface area contributed by atoms with Crippen molar-refractivity contribution in [2.24, 2.45) is 0 Å². The molecule has 2 aromatic rings. The second-order valence-corrected chi connectivity index (χ2v) is 9.24. The summed E-state index contributed by atoms with van der Waals surface area (Å²) in [5.74, 6) is -4.84. The highest BCUT2D eigenvalue weighted by Gasteiger charge is 2.43. The number of rotatable bonds is 5. The fourth-order valence-electron chi connectivity index (χ4n) is 3.75. The number of thiazole rings is 1. The van der Waals surface area contributed by atoms with E-state index in [0.717, 1.165) is 39.0 Å². The van der Waals surface area contributed by atoms with Gasteiger partial charge >= 0.3 is 24.3 Å². The third kappa shape index (κ3) is 10.7. The van der Waals surface area contributed by atoms with E-state index in [2.05, 4.69) is 25.2 Å². The summed E-state index contributed by atoms with van der Waals surface area (Å²) in [6.07, 6.45) is 0.0914. The largest absolute Gasteiger partial charge is 0.490 e. The number of nitrogens with zero attached hydrogens (tertiary/aromatic N) is 4. The van der Waals surface area contributed by atoms with Gasteiger partial charge in [0.15, 0.2) is 0 Å². The Kier molecular flexibility index (Phi) is 11.2. The van der Waals surface area contributed by atoms with Gasteiger partial charge in [-0.3, -0.25) is 4.90 Å². The number of nitrogens with one attached hydrogen (secondary N) is 1. The summed E-state index contributed by atoms with van der Waals surface area (Å²) in [6.45, 7) is 3.84. The van der Waals surface area contributed by atoms with Crippen molar-refractivity contribution >= 4 is 29.2 Å². The number of carboxylic acid groups (broad SMARTS) is 2. The highest BCUT2D eigenvalue weighted by molar-refractivity contribution is 7.09. The van der Waals surface area contributed by atoms with Gasteiger partial charge in [-0.2, -0.15) is 26.3 Å². The Morgan fingerprint density at radius 3 is 2.18 bits per heavy atom. The normalized spacial score (nSPS) is 21.6. The van der Waals surface area contributed by atoms with Gasteiger partial charge in [-0.25, -0.2) is 24.5 Å². The molecule has 0 unspecified atom stereocenters. The van der Waals surface area contributed by atoms with Gasteiger partial charge in [-0.15, -0.1) is 11.3 Å². The molecular weight excluding hydrogens is 548 g/mol. The van der Waals surface area contributed by atoms with Gasteiger partial charge in [-0.1, -0.05) is 0 Å². The average Bonchev–Trinajstić information content (AvgIpc) is 3.48. The standard InChI is InChI=1S/C17H23N5OS.2C2HF3O2/c1-3-14(11-21-16-19-6-2-7-20-16)23-17(4-1)5-9-22(13-17)12-15-18-8-10-24-15;2*3-2(4,5)1(6)7/h2,6-8,10,14H,1,3-5,9,11-13H2,(H,19,20,21);2*(H,6,7)/t14-,17-;;/m1../s1. The van der Waals surface area contributed by atoms with Gasteiger partial charge in [0, 0.05) is 43.6 Å². The number of likely N-dealkylation sites (tertiary alicyclic amines) is 1. The summed E-state index contributed by atoms with van der Waals surface area (Å²) in [7, 11) is 0. The van der Waals surface area contributed by atoms with Crippen molar-refractivity contribution in [3.8, 4) is 0 Å². The van der Waals surface area contributed by atoms with Gasteiger partial charge in [0.2, 0.25) is 5.95 Å². The molecule has 0 bridgehead atoms. The van der Waals surface area contributed by atoms with Gasteiger partial charge < -0.3 is 20.3 Å². The molecule has 4 rings (SSSR count). The lowest BCUT2D eigenvalue weighted by Crippen LogP contribution is -2.45. The molecule has 0 aliphatic carbocycles. The molecule has 1 spiro atoms. The van der Waals surface area contributed by atoms with Crippen LogP contribution >= 0.6 is 11.3 Å². The van der Waals surface area contributed by atoms with Crippen molar-refractivity contribution in [2.75, 3.05) is 25.0 Å². The minimum absolute atomic E-state index is 0.0272. The Morgan fingerprint density at radius 1 is 1.05 bits per heavy atom. The van der Waals surface area contributed by atoms with Crippen LogP contribution < -0.4 is 5.32 Å². The van der Waals surface area contributed by atoms with Crippen LogP contribution in [0.3, 0.4) is 0 Å². The molecule has 2 saturated heterocycles. The van der Waals surface area contributed by atoms with Crippen molar-refractivity contribution < 1.29 is 50.9 Å². The zero-order valence-corrected chi connectivity index (χ0v) is 20.5. The summed E-state index contributed by atoms with van der Waals surface area (Å²) in [5.41, 5.74) is 0.0272. The van der Waals surface area contributed by atoms with Crippen molar-refractivity contribution in [2.45, 2.75) is 56.3 Å². The van der Waals surface area contributed by atoms with E-state index in [0.29, 0.717) is 5.95 Å². The zero-order chi connectivity index (χ0) is 28.4. The number of hydrogen-bond donors (Lipinski definition) is 3. The topological polar surface area (TPSA) is 138 Å². The van der Waals surface area contributed by atoms with E-state index in [9.17, 15) is 26.3 Å². The molecule has 0 aromatic carbocycles. The Morgan fingerprint density at radius 2 is 1.66 bits per heavy atom. The Bertz CT molecular complexity index is 988. The molecular formula is C21H25F6N5O5S. The number of aromatic nitrogens is 3. The molecule has 212 valence electrons. The molecule has 3 N–H and O–H groups in total. The highest BCUT2D eigenvalue weighted by atomic mass is 32.1. The first-order valence-electron chi connectivity index (χ1n) is 11.1. The molecule has 38 heavy (non-hydrogen) atoms. The van der Waals surface area contributed by atoms with Crippen LogP contribution in [0.15, 0.2) is 30.0 Å². The van der Waals surface area contributed by atoms with E-state index in [-0.39, 0.29) is 11.7 Å². The predicted molar refractivity (Wildman–Crippen MR) is 121 cm³/mol. The number of hydrogen-bond acceptors (Lipinski definition) is 9. The molecule has 2 aliphatic rings. The fourth-order valence-corrected chi connectivity index (χ4v) is 4.41. The third-order valence-electron chi connectivity index (χ3n) is 5.35. The summed E-state index contributed by atoms with van der Waals surface area (Å²) >= 11 is 1.73. The minimum atomic E-state index is -5.08. The molecule has 4 heterocycles. The molecule has 2 aliphatic heterocycles. The van der Waals surface area contributed by atoms with Crippen LogP contribution in [0.25, 0.3) is 0 Å². The van der Waals surface area contributed by atoms with Crippen LogP contribution in [0, 0.1) is 0 Å². The van der Waals surface area contributed by atoms with Crippen LogP contribution in [0.5, 0.6) is 0 Å². The average molecular weight is 574 g/mol. The Hall–Kier alpha value is -3.05. The first-order valence-corrected chi connectivity index (χ1v) is 12.0.